The standard InChI is InChI=1S/C15H20ClF3N4O.HI/c1-2-20-14(22-8-7-15(17,18)19)23-10-9-21-13(24)11-5-3-4-6-12(11)16;/h3-6H,2,7-10H2,1H3,(H,21,24)(H2,20,22,23);1H. The third kappa shape index (κ3) is 10.4. The molecule has 1 aromatic carbocycles. The predicted molar refractivity (Wildman–Crippen MR) is 104 cm³/mol. The highest BCUT2D eigenvalue weighted by molar-refractivity contribution is 14.0. The zero-order valence-electron chi connectivity index (χ0n) is 13.6. The molecule has 0 aliphatic rings. The van der Waals surface area contributed by atoms with Crippen molar-refractivity contribution in [2.75, 3.05) is 26.2 Å². The minimum Gasteiger partial charge on any atom is -0.357 e. The van der Waals surface area contributed by atoms with Gasteiger partial charge in [-0.1, -0.05) is 23.7 Å². The first-order valence-electron chi connectivity index (χ1n) is 7.45. The lowest BCUT2D eigenvalue weighted by Crippen LogP contribution is -2.41. The number of hydrogen-bond donors (Lipinski definition) is 3. The van der Waals surface area contributed by atoms with Crippen LogP contribution in [0.4, 0.5) is 13.2 Å². The summed E-state index contributed by atoms with van der Waals surface area (Å²) in [6, 6.07) is 6.65. The van der Waals surface area contributed by atoms with Gasteiger partial charge >= 0.3 is 6.18 Å². The second-order valence-electron chi connectivity index (χ2n) is 4.79. The van der Waals surface area contributed by atoms with E-state index in [-0.39, 0.29) is 48.9 Å². The molecule has 0 saturated heterocycles. The number of rotatable bonds is 7. The first-order valence-corrected chi connectivity index (χ1v) is 7.83. The number of nitrogens with one attached hydrogen (secondary N) is 3. The lowest BCUT2D eigenvalue weighted by atomic mass is 10.2. The Morgan fingerprint density at radius 1 is 1.16 bits per heavy atom. The number of hydrogen-bond acceptors (Lipinski definition) is 2. The smallest absolute Gasteiger partial charge is 0.357 e. The van der Waals surface area contributed by atoms with Crippen LogP contribution in [-0.2, 0) is 0 Å². The predicted octanol–water partition coefficient (Wildman–Crippen LogP) is 3.20. The van der Waals surface area contributed by atoms with Gasteiger partial charge in [0.2, 0.25) is 0 Å². The Morgan fingerprint density at radius 2 is 1.80 bits per heavy atom. The van der Waals surface area contributed by atoms with Gasteiger partial charge in [-0.15, -0.1) is 24.0 Å². The number of halogens is 5. The van der Waals surface area contributed by atoms with Gasteiger partial charge in [0, 0.05) is 19.6 Å². The molecule has 0 heterocycles. The summed E-state index contributed by atoms with van der Waals surface area (Å²) >= 11 is 5.92. The summed E-state index contributed by atoms with van der Waals surface area (Å²) in [4.78, 5) is 15.8. The van der Waals surface area contributed by atoms with E-state index >= 15 is 0 Å². The van der Waals surface area contributed by atoms with Crippen molar-refractivity contribution in [3.8, 4) is 0 Å². The molecule has 0 aromatic heterocycles. The first kappa shape index (κ1) is 23.8. The Kier molecular flexibility index (Phi) is 11.6. The van der Waals surface area contributed by atoms with Crippen molar-refractivity contribution in [2.24, 2.45) is 4.99 Å². The van der Waals surface area contributed by atoms with Crippen LogP contribution in [0, 0.1) is 0 Å². The van der Waals surface area contributed by atoms with Crippen molar-refractivity contribution in [3.05, 3.63) is 34.9 Å². The van der Waals surface area contributed by atoms with Crippen molar-refractivity contribution in [2.45, 2.75) is 19.5 Å². The molecular formula is C15H21ClF3IN4O. The molecule has 5 nitrogen and oxygen atoms in total. The number of guanidine groups is 1. The van der Waals surface area contributed by atoms with E-state index < -0.39 is 12.6 Å². The molecule has 0 fully saturated rings. The van der Waals surface area contributed by atoms with Gasteiger partial charge in [0.1, 0.15) is 0 Å². The van der Waals surface area contributed by atoms with E-state index in [0.29, 0.717) is 23.7 Å². The van der Waals surface area contributed by atoms with Crippen LogP contribution in [0.2, 0.25) is 5.02 Å². The molecule has 0 saturated carbocycles. The molecular weight excluding hydrogens is 472 g/mol. The average molecular weight is 493 g/mol. The lowest BCUT2D eigenvalue weighted by Gasteiger charge is -2.12. The van der Waals surface area contributed by atoms with Gasteiger partial charge < -0.3 is 16.0 Å². The highest BCUT2D eigenvalue weighted by Gasteiger charge is 2.26. The average Bonchev–Trinajstić information content (AvgIpc) is 2.50. The summed E-state index contributed by atoms with van der Waals surface area (Å²) in [5.74, 6) is -0.0462. The van der Waals surface area contributed by atoms with E-state index in [0.717, 1.165) is 0 Å². The van der Waals surface area contributed by atoms with Crippen LogP contribution in [-0.4, -0.2) is 44.2 Å². The summed E-state index contributed by atoms with van der Waals surface area (Å²) in [6.07, 6.45) is -5.21. The topological polar surface area (TPSA) is 65.5 Å². The minimum atomic E-state index is -4.23. The fourth-order valence-corrected chi connectivity index (χ4v) is 1.96. The van der Waals surface area contributed by atoms with Gasteiger partial charge in [-0.2, -0.15) is 13.2 Å². The van der Waals surface area contributed by atoms with Gasteiger partial charge in [0.05, 0.1) is 23.6 Å². The molecule has 3 N–H and O–H groups in total. The lowest BCUT2D eigenvalue weighted by molar-refractivity contribution is -0.132. The highest BCUT2D eigenvalue weighted by Crippen LogP contribution is 2.18. The van der Waals surface area contributed by atoms with Crippen molar-refractivity contribution in [1.82, 2.24) is 16.0 Å². The number of aliphatic imine (C=N–C) groups is 1. The van der Waals surface area contributed by atoms with Crippen LogP contribution in [0.1, 0.15) is 23.7 Å². The summed E-state index contributed by atoms with van der Waals surface area (Å²) in [5.41, 5.74) is 0.366. The molecule has 0 aliphatic carbocycles. The van der Waals surface area contributed by atoms with Crippen LogP contribution in [0.5, 0.6) is 0 Å². The Bertz CT molecular complexity index is 570. The largest absolute Gasteiger partial charge is 0.390 e. The van der Waals surface area contributed by atoms with E-state index in [2.05, 4.69) is 20.9 Å². The van der Waals surface area contributed by atoms with Crippen molar-refractivity contribution < 1.29 is 18.0 Å². The summed E-state index contributed by atoms with van der Waals surface area (Å²) < 4.78 is 36.3. The van der Waals surface area contributed by atoms with Gasteiger partial charge in [-0.05, 0) is 19.1 Å². The molecule has 1 rings (SSSR count). The number of carbonyl (C=O) groups is 1. The summed E-state index contributed by atoms with van der Waals surface area (Å²) in [6.45, 7) is 2.55. The second kappa shape index (κ2) is 12.2. The number of amides is 1. The Labute approximate surface area is 166 Å². The normalized spacial score (nSPS) is 11.5. The van der Waals surface area contributed by atoms with Gasteiger partial charge in [0.15, 0.2) is 5.96 Å². The van der Waals surface area contributed by atoms with Crippen molar-refractivity contribution >= 4 is 47.4 Å². The zero-order valence-corrected chi connectivity index (χ0v) is 16.7. The maximum Gasteiger partial charge on any atom is 0.390 e. The first-order chi connectivity index (χ1) is 11.3. The van der Waals surface area contributed by atoms with Crippen LogP contribution < -0.4 is 16.0 Å². The molecule has 0 bridgehead atoms. The van der Waals surface area contributed by atoms with Gasteiger partial charge in [0.25, 0.3) is 5.91 Å². The molecule has 1 aromatic rings. The quantitative estimate of drug-likeness (QED) is 0.237. The molecule has 0 radical (unpaired) electrons. The van der Waals surface area contributed by atoms with Crippen LogP contribution >= 0.6 is 35.6 Å². The van der Waals surface area contributed by atoms with Crippen LogP contribution in [0.15, 0.2) is 29.3 Å². The molecule has 142 valence electrons. The van der Waals surface area contributed by atoms with Crippen LogP contribution in [0.3, 0.4) is 0 Å². The second-order valence-corrected chi connectivity index (χ2v) is 5.20. The molecule has 1 amide bonds. The number of carbonyl (C=O) groups excluding carboxylic acids is 1. The Morgan fingerprint density at radius 3 is 2.40 bits per heavy atom. The number of benzene rings is 1. The SMILES string of the molecule is CCNC(=NCCC(F)(F)F)NCCNC(=O)c1ccccc1Cl.I. The fraction of sp³-hybridized carbons (Fsp3) is 0.467. The van der Waals surface area contributed by atoms with E-state index in [1.807, 2.05) is 0 Å². The van der Waals surface area contributed by atoms with E-state index in [1.54, 1.807) is 31.2 Å². The van der Waals surface area contributed by atoms with E-state index in [4.69, 9.17) is 11.6 Å². The van der Waals surface area contributed by atoms with Crippen molar-refractivity contribution in [3.63, 3.8) is 0 Å². The monoisotopic (exact) mass is 492 g/mol. The zero-order chi connectivity index (χ0) is 18.0. The summed E-state index contributed by atoms with van der Waals surface area (Å²) in [7, 11) is 0. The fourth-order valence-electron chi connectivity index (χ4n) is 1.73. The van der Waals surface area contributed by atoms with E-state index in [1.165, 1.54) is 0 Å². The molecule has 0 aliphatic heterocycles. The maximum absolute atomic E-state index is 12.1. The summed E-state index contributed by atoms with van der Waals surface area (Å²) in [5, 5.41) is 8.71. The highest BCUT2D eigenvalue weighted by atomic mass is 127. The maximum atomic E-state index is 12.1. The molecule has 0 unspecified atom stereocenters. The van der Waals surface area contributed by atoms with E-state index in [9.17, 15) is 18.0 Å². The molecule has 10 heteroatoms. The Balaban J connectivity index is 0.00000576. The number of alkyl halides is 3. The van der Waals surface area contributed by atoms with Gasteiger partial charge in [-0.25, -0.2) is 0 Å². The van der Waals surface area contributed by atoms with Crippen LogP contribution in [0.25, 0.3) is 0 Å². The number of nitrogens with zero attached hydrogens (tertiary/aromatic N) is 1. The molecule has 0 atom stereocenters. The van der Waals surface area contributed by atoms with Gasteiger partial charge in [-0.3, -0.25) is 9.79 Å². The third-order valence-corrected chi connectivity index (χ3v) is 3.16. The minimum absolute atomic E-state index is 0. The van der Waals surface area contributed by atoms with Crippen molar-refractivity contribution in [1.29, 1.82) is 0 Å². The Hall–Kier alpha value is -1.23. The molecule has 0 spiro atoms. The molecule has 25 heavy (non-hydrogen) atoms. The third-order valence-electron chi connectivity index (χ3n) is 2.83.